The molecule has 1 amide bonds. The largest absolute Gasteiger partial charge is 0.497 e. The molecule has 4 rings (SSSR count). The number of fused-ring (bicyclic) bond motifs is 3. The molecule has 0 atom stereocenters. The zero-order chi connectivity index (χ0) is 19.7. The fraction of sp³-hybridized carbons (Fsp3) is 0.190. The maximum absolute atomic E-state index is 13.0. The monoisotopic (exact) mass is 377 g/mol. The number of para-hydroxylation sites is 1. The molecule has 7 heteroatoms. The number of hydrogen-bond acceptors (Lipinski definition) is 5. The molecule has 2 aromatic heterocycles. The summed E-state index contributed by atoms with van der Waals surface area (Å²) in [5.74, 6) is 0.596. The van der Waals surface area contributed by atoms with Crippen LogP contribution in [0.3, 0.4) is 0 Å². The second-order valence-electron chi connectivity index (χ2n) is 6.29. The van der Waals surface area contributed by atoms with Crippen LogP contribution in [0.1, 0.15) is 6.92 Å². The molecule has 0 aliphatic heterocycles. The summed E-state index contributed by atoms with van der Waals surface area (Å²) in [7, 11) is 1.60. The third kappa shape index (κ3) is 3.00. The van der Waals surface area contributed by atoms with E-state index in [0.717, 1.165) is 16.8 Å². The lowest BCUT2D eigenvalue weighted by molar-refractivity contribution is -0.119. The maximum Gasteiger partial charge on any atom is 0.347 e. The topological polar surface area (TPSA) is 77.6 Å². The molecule has 4 aromatic rings. The average Bonchev–Trinajstić information content (AvgIpc) is 3.14. The molecule has 7 nitrogen and oxygen atoms in total. The highest BCUT2D eigenvalue weighted by atomic mass is 16.5. The first-order valence-electron chi connectivity index (χ1n) is 8.94. The Morgan fingerprint density at radius 3 is 2.61 bits per heavy atom. The van der Waals surface area contributed by atoms with E-state index in [4.69, 9.17) is 9.15 Å². The minimum absolute atomic E-state index is 0.0107. The second-order valence-corrected chi connectivity index (χ2v) is 6.29. The lowest BCUT2D eigenvalue weighted by Crippen LogP contribution is -2.33. The summed E-state index contributed by atoms with van der Waals surface area (Å²) in [4.78, 5) is 26.9. The SMILES string of the molecule is CCN(C(=O)Cn1ncc2c(=O)oc3ccccc3c21)c1ccc(OC)cc1. The Hall–Kier alpha value is -3.61. The molecule has 0 bridgehead atoms. The normalized spacial score (nSPS) is 11.1. The van der Waals surface area contributed by atoms with Crippen molar-refractivity contribution in [2.45, 2.75) is 13.5 Å². The number of hydrogen-bond donors (Lipinski definition) is 0. The number of benzene rings is 2. The summed E-state index contributed by atoms with van der Waals surface area (Å²) >= 11 is 0. The Morgan fingerprint density at radius 1 is 1.14 bits per heavy atom. The van der Waals surface area contributed by atoms with Crippen LogP contribution in [0, 0.1) is 0 Å². The van der Waals surface area contributed by atoms with Gasteiger partial charge in [-0.15, -0.1) is 0 Å². The molecule has 142 valence electrons. The van der Waals surface area contributed by atoms with Crippen molar-refractivity contribution in [3.8, 4) is 5.75 Å². The van der Waals surface area contributed by atoms with Gasteiger partial charge in [0.05, 0.1) is 18.8 Å². The number of amides is 1. The fourth-order valence-corrected chi connectivity index (χ4v) is 3.32. The molecule has 0 unspecified atom stereocenters. The number of methoxy groups -OCH3 is 1. The predicted octanol–water partition coefficient (Wildman–Crippen LogP) is 3.20. The summed E-state index contributed by atoms with van der Waals surface area (Å²) < 4.78 is 12.1. The summed E-state index contributed by atoms with van der Waals surface area (Å²) in [5, 5.41) is 5.38. The van der Waals surface area contributed by atoms with Gasteiger partial charge in [-0.3, -0.25) is 9.48 Å². The number of carbonyl (C=O) groups is 1. The summed E-state index contributed by atoms with van der Waals surface area (Å²) in [5.41, 5.74) is 1.38. The molecule has 0 saturated carbocycles. The first-order valence-corrected chi connectivity index (χ1v) is 8.94. The van der Waals surface area contributed by atoms with E-state index in [9.17, 15) is 9.59 Å². The van der Waals surface area contributed by atoms with E-state index >= 15 is 0 Å². The summed E-state index contributed by atoms with van der Waals surface area (Å²) in [6.07, 6.45) is 1.45. The Morgan fingerprint density at radius 2 is 1.89 bits per heavy atom. The van der Waals surface area contributed by atoms with Crippen molar-refractivity contribution in [3.05, 3.63) is 65.1 Å². The fourth-order valence-electron chi connectivity index (χ4n) is 3.32. The molecule has 0 spiro atoms. The summed E-state index contributed by atoms with van der Waals surface area (Å²) in [6.45, 7) is 2.43. The lowest BCUT2D eigenvalue weighted by atomic mass is 10.2. The van der Waals surface area contributed by atoms with Crippen LogP contribution in [-0.4, -0.2) is 29.3 Å². The van der Waals surface area contributed by atoms with Crippen LogP contribution >= 0.6 is 0 Å². The molecule has 0 fully saturated rings. The third-order valence-electron chi connectivity index (χ3n) is 4.69. The maximum atomic E-state index is 13.0. The molecular weight excluding hydrogens is 358 g/mol. The second kappa shape index (κ2) is 7.19. The van der Waals surface area contributed by atoms with E-state index in [1.165, 1.54) is 6.20 Å². The van der Waals surface area contributed by atoms with Gasteiger partial charge in [0.15, 0.2) is 0 Å². The molecule has 0 aliphatic rings. The highest BCUT2D eigenvalue weighted by molar-refractivity contribution is 6.03. The number of anilines is 1. The van der Waals surface area contributed by atoms with Gasteiger partial charge < -0.3 is 14.1 Å². The van der Waals surface area contributed by atoms with Gasteiger partial charge in [-0.2, -0.15) is 5.10 Å². The number of likely N-dealkylation sites (N-methyl/N-ethyl adjacent to an activating group) is 1. The van der Waals surface area contributed by atoms with Crippen molar-refractivity contribution in [1.29, 1.82) is 0 Å². The van der Waals surface area contributed by atoms with Crippen LogP contribution in [-0.2, 0) is 11.3 Å². The zero-order valence-corrected chi connectivity index (χ0v) is 15.6. The number of rotatable bonds is 5. The molecule has 2 heterocycles. The Kier molecular flexibility index (Phi) is 4.57. The van der Waals surface area contributed by atoms with Crippen molar-refractivity contribution in [2.75, 3.05) is 18.6 Å². The van der Waals surface area contributed by atoms with E-state index in [1.807, 2.05) is 43.3 Å². The van der Waals surface area contributed by atoms with E-state index in [0.29, 0.717) is 23.0 Å². The Balaban J connectivity index is 1.72. The standard InChI is InChI=1S/C21H19N3O4/c1-3-23(14-8-10-15(27-2)11-9-14)19(25)13-24-20-16-6-4-5-7-18(16)28-21(26)17(20)12-22-24/h4-12H,3,13H2,1-2H3. The number of ether oxygens (including phenoxy) is 1. The van der Waals surface area contributed by atoms with Gasteiger partial charge in [-0.05, 0) is 43.3 Å². The van der Waals surface area contributed by atoms with Gasteiger partial charge in [-0.25, -0.2) is 4.79 Å². The van der Waals surface area contributed by atoms with E-state index < -0.39 is 5.63 Å². The minimum Gasteiger partial charge on any atom is -0.497 e. The highest BCUT2D eigenvalue weighted by Gasteiger charge is 2.19. The average molecular weight is 377 g/mol. The highest BCUT2D eigenvalue weighted by Crippen LogP contribution is 2.23. The van der Waals surface area contributed by atoms with Gasteiger partial charge in [0, 0.05) is 17.6 Å². The van der Waals surface area contributed by atoms with Crippen LogP contribution in [0.2, 0.25) is 0 Å². The molecule has 0 radical (unpaired) electrons. The van der Waals surface area contributed by atoms with E-state index in [2.05, 4.69) is 5.10 Å². The molecular formula is C21H19N3O4. The van der Waals surface area contributed by atoms with Gasteiger partial charge in [-0.1, -0.05) is 12.1 Å². The van der Waals surface area contributed by atoms with Gasteiger partial charge >= 0.3 is 5.63 Å². The Bertz CT molecular complexity index is 1210. The van der Waals surface area contributed by atoms with Crippen LogP contribution in [0.5, 0.6) is 5.75 Å². The molecule has 2 aromatic carbocycles. The van der Waals surface area contributed by atoms with Crippen LogP contribution in [0.4, 0.5) is 5.69 Å². The van der Waals surface area contributed by atoms with Crippen molar-refractivity contribution in [3.63, 3.8) is 0 Å². The van der Waals surface area contributed by atoms with Crippen molar-refractivity contribution in [1.82, 2.24) is 9.78 Å². The van der Waals surface area contributed by atoms with Gasteiger partial charge in [0.2, 0.25) is 5.91 Å². The minimum atomic E-state index is -0.463. The molecule has 0 aliphatic carbocycles. The molecule has 28 heavy (non-hydrogen) atoms. The van der Waals surface area contributed by atoms with Gasteiger partial charge in [0.1, 0.15) is 23.3 Å². The van der Waals surface area contributed by atoms with Crippen LogP contribution in [0.25, 0.3) is 21.9 Å². The Labute approximate surface area is 160 Å². The van der Waals surface area contributed by atoms with E-state index in [1.54, 1.807) is 28.8 Å². The first kappa shape index (κ1) is 17.8. The number of nitrogens with zero attached hydrogens (tertiary/aromatic N) is 3. The number of aromatic nitrogens is 2. The van der Waals surface area contributed by atoms with Crippen molar-refractivity contribution < 1.29 is 13.9 Å². The molecule has 0 saturated heterocycles. The molecule has 0 N–H and O–H groups in total. The van der Waals surface area contributed by atoms with Crippen molar-refractivity contribution in [2.24, 2.45) is 0 Å². The zero-order valence-electron chi connectivity index (χ0n) is 15.6. The smallest absolute Gasteiger partial charge is 0.347 e. The van der Waals surface area contributed by atoms with E-state index in [-0.39, 0.29) is 12.5 Å². The van der Waals surface area contributed by atoms with Crippen LogP contribution in [0.15, 0.2) is 63.9 Å². The van der Waals surface area contributed by atoms with Crippen molar-refractivity contribution >= 4 is 33.5 Å². The van der Waals surface area contributed by atoms with Crippen LogP contribution < -0.4 is 15.3 Å². The predicted molar refractivity (Wildman–Crippen MR) is 107 cm³/mol. The first-order chi connectivity index (χ1) is 13.6. The summed E-state index contributed by atoms with van der Waals surface area (Å²) in [6, 6.07) is 14.5. The number of carbonyl (C=O) groups excluding carboxylic acids is 1. The third-order valence-corrected chi connectivity index (χ3v) is 4.69. The quantitative estimate of drug-likeness (QED) is 0.499. The van der Waals surface area contributed by atoms with Gasteiger partial charge in [0.25, 0.3) is 0 Å². The lowest BCUT2D eigenvalue weighted by Gasteiger charge is -2.21.